The molecule has 0 radical (unpaired) electrons. The van der Waals surface area contributed by atoms with Gasteiger partial charge in [-0.05, 0) is 25.5 Å². The molecule has 22 heavy (non-hydrogen) atoms. The molecule has 1 aromatic rings. The lowest BCUT2D eigenvalue weighted by Gasteiger charge is -2.37. The molecule has 118 valence electrons. The Morgan fingerprint density at radius 2 is 2.09 bits per heavy atom. The summed E-state index contributed by atoms with van der Waals surface area (Å²) in [6, 6.07) is 7.49. The molecule has 0 saturated carbocycles. The first-order valence-corrected chi connectivity index (χ1v) is 7.17. The van der Waals surface area contributed by atoms with Gasteiger partial charge in [-0.15, -0.1) is 0 Å². The normalized spacial score (nSPS) is 17.2. The molecule has 1 aliphatic heterocycles. The Morgan fingerprint density at radius 1 is 1.45 bits per heavy atom. The molecule has 0 aliphatic carbocycles. The van der Waals surface area contributed by atoms with Gasteiger partial charge in [0.25, 0.3) is 0 Å². The van der Waals surface area contributed by atoms with Crippen LogP contribution in [0, 0.1) is 5.92 Å². The van der Waals surface area contributed by atoms with Crippen molar-refractivity contribution in [1.82, 2.24) is 4.90 Å². The highest BCUT2D eigenvalue weighted by molar-refractivity contribution is 5.96. The van der Waals surface area contributed by atoms with Crippen molar-refractivity contribution in [3.05, 3.63) is 47.2 Å². The van der Waals surface area contributed by atoms with Crippen molar-refractivity contribution in [1.29, 1.82) is 0 Å². The predicted molar refractivity (Wildman–Crippen MR) is 83.2 cm³/mol. The van der Waals surface area contributed by atoms with E-state index in [4.69, 9.17) is 15.7 Å². The number of carbonyl (C=O) groups excluding carboxylic acids is 1. The van der Waals surface area contributed by atoms with Gasteiger partial charge in [0.2, 0.25) is 0 Å². The van der Waals surface area contributed by atoms with Crippen LogP contribution in [0.2, 0.25) is 0 Å². The van der Waals surface area contributed by atoms with Gasteiger partial charge in [0.15, 0.2) is 5.84 Å². The lowest BCUT2D eigenvalue weighted by atomic mass is 9.99. The van der Waals surface area contributed by atoms with E-state index in [2.05, 4.69) is 10.1 Å². The van der Waals surface area contributed by atoms with Crippen LogP contribution in [0.25, 0.3) is 0 Å². The van der Waals surface area contributed by atoms with Crippen LogP contribution in [0.3, 0.4) is 0 Å². The van der Waals surface area contributed by atoms with Crippen molar-refractivity contribution >= 4 is 11.8 Å². The molecule has 6 heteroatoms. The Bertz CT molecular complexity index is 587. The molecule has 1 aliphatic rings. The molecular weight excluding hydrogens is 282 g/mol. The second kappa shape index (κ2) is 7.09. The standard InChI is InChI=1S/C16H21N3O3/c1-3-11(2)22-16(20)14-9-19(10-14)8-12-4-6-13(7-5-12)15(17)18-21/h3-7,14,21H,8-10H2,1-2H3,(H2,17,18)/b11-3+. The number of likely N-dealkylation sites (tertiary alicyclic amines) is 1. The van der Waals surface area contributed by atoms with Crippen LogP contribution in [0.15, 0.2) is 41.3 Å². The van der Waals surface area contributed by atoms with E-state index in [1.165, 1.54) is 0 Å². The first-order valence-electron chi connectivity index (χ1n) is 7.17. The number of nitrogens with zero attached hydrogens (tertiary/aromatic N) is 2. The molecule has 1 heterocycles. The van der Waals surface area contributed by atoms with E-state index in [1.54, 1.807) is 13.0 Å². The Morgan fingerprint density at radius 3 is 2.64 bits per heavy atom. The fourth-order valence-electron chi connectivity index (χ4n) is 2.25. The summed E-state index contributed by atoms with van der Waals surface area (Å²) in [6.45, 7) is 5.79. The number of amidine groups is 1. The third kappa shape index (κ3) is 3.85. The van der Waals surface area contributed by atoms with Crippen molar-refractivity contribution in [2.45, 2.75) is 20.4 Å². The van der Waals surface area contributed by atoms with Gasteiger partial charge in [0, 0.05) is 25.2 Å². The SMILES string of the molecule is C/C=C(\C)OC(=O)C1CN(Cc2ccc(/C(N)=N/O)cc2)C1. The quantitative estimate of drug-likeness (QED) is 0.216. The lowest BCUT2D eigenvalue weighted by Crippen LogP contribution is -2.50. The van der Waals surface area contributed by atoms with Crippen LogP contribution in [-0.4, -0.2) is 35.0 Å². The first kappa shape index (κ1) is 16.0. The minimum absolute atomic E-state index is 0.0497. The van der Waals surface area contributed by atoms with E-state index in [9.17, 15) is 4.79 Å². The number of nitrogens with two attached hydrogens (primary N) is 1. The van der Waals surface area contributed by atoms with Crippen LogP contribution in [0.4, 0.5) is 0 Å². The summed E-state index contributed by atoms with van der Waals surface area (Å²) in [4.78, 5) is 14.0. The van der Waals surface area contributed by atoms with Gasteiger partial charge in [-0.2, -0.15) is 0 Å². The first-order chi connectivity index (χ1) is 10.5. The van der Waals surface area contributed by atoms with Crippen molar-refractivity contribution < 1.29 is 14.7 Å². The topological polar surface area (TPSA) is 88.2 Å². The monoisotopic (exact) mass is 303 g/mol. The lowest BCUT2D eigenvalue weighted by molar-refractivity contribution is -0.150. The van der Waals surface area contributed by atoms with Crippen molar-refractivity contribution in [2.75, 3.05) is 13.1 Å². The summed E-state index contributed by atoms with van der Waals surface area (Å²) < 4.78 is 5.20. The summed E-state index contributed by atoms with van der Waals surface area (Å²) in [5.41, 5.74) is 7.31. The molecule has 2 rings (SSSR count). The maximum absolute atomic E-state index is 11.8. The van der Waals surface area contributed by atoms with E-state index < -0.39 is 0 Å². The second-order valence-electron chi connectivity index (χ2n) is 5.39. The zero-order valence-electron chi connectivity index (χ0n) is 12.8. The van der Waals surface area contributed by atoms with Gasteiger partial charge in [0.05, 0.1) is 5.92 Å². The maximum Gasteiger partial charge on any atom is 0.316 e. The molecular formula is C16H21N3O3. The molecule has 1 fully saturated rings. The third-order valence-electron chi connectivity index (χ3n) is 3.72. The number of allylic oxidation sites excluding steroid dienone is 2. The zero-order valence-corrected chi connectivity index (χ0v) is 12.8. The van der Waals surface area contributed by atoms with E-state index in [1.807, 2.05) is 31.2 Å². The van der Waals surface area contributed by atoms with Crippen LogP contribution in [-0.2, 0) is 16.1 Å². The fraction of sp³-hybridized carbons (Fsp3) is 0.375. The summed E-state index contributed by atoms with van der Waals surface area (Å²) >= 11 is 0. The Kier molecular flexibility index (Phi) is 5.16. The average Bonchev–Trinajstić information content (AvgIpc) is 2.49. The van der Waals surface area contributed by atoms with Gasteiger partial charge in [-0.25, -0.2) is 0 Å². The molecule has 0 unspecified atom stereocenters. The zero-order chi connectivity index (χ0) is 16.1. The predicted octanol–water partition coefficient (Wildman–Crippen LogP) is 1.68. The van der Waals surface area contributed by atoms with E-state index in [0.29, 0.717) is 24.4 Å². The van der Waals surface area contributed by atoms with Gasteiger partial charge in [-0.3, -0.25) is 9.69 Å². The fourth-order valence-corrected chi connectivity index (χ4v) is 2.25. The number of hydrogen-bond acceptors (Lipinski definition) is 5. The van der Waals surface area contributed by atoms with Gasteiger partial charge < -0.3 is 15.7 Å². The largest absolute Gasteiger partial charge is 0.431 e. The van der Waals surface area contributed by atoms with Crippen molar-refractivity contribution in [3.8, 4) is 0 Å². The summed E-state index contributed by atoms with van der Waals surface area (Å²) in [7, 11) is 0. The highest BCUT2D eigenvalue weighted by Gasteiger charge is 2.33. The number of oxime groups is 1. The maximum atomic E-state index is 11.8. The van der Waals surface area contributed by atoms with E-state index in [-0.39, 0.29) is 17.7 Å². The average molecular weight is 303 g/mol. The minimum Gasteiger partial charge on any atom is -0.431 e. The molecule has 0 spiro atoms. The van der Waals surface area contributed by atoms with Crippen molar-refractivity contribution in [2.24, 2.45) is 16.8 Å². The number of carbonyl (C=O) groups is 1. The molecule has 3 N–H and O–H groups in total. The molecule has 0 amide bonds. The van der Waals surface area contributed by atoms with E-state index in [0.717, 1.165) is 12.1 Å². The highest BCUT2D eigenvalue weighted by Crippen LogP contribution is 2.21. The molecule has 6 nitrogen and oxygen atoms in total. The molecule has 1 aromatic carbocycles. The minimum atomic E-state index is -0.158. The third-order valence-corrected chi connectivity index (χ3v) is 3.72. The Balaban J connectivity index is 1.81. The summed E-state index contributed by atoms with van der Waals surface area (Å²) in [5.74, 6) is 0.528. The van der Waals surface area contributed by atoms with Crippen LogP contribution < -0.4 is 5.73 Å². The number of rotatable bonds is 5. The summed E-state index contributed by atoms with van der Waals surface area (Å²) in [5, 5.41) is 11.6. The summed E-state index contributed by atoms with van der Waals surface area (Å²) in [6.07, 6.45) is 1.78. The Labute approximate surface area is 129 Å². The Hall–Kier alpha value is -2.34. The second-order valence-corrected chi connectivity index (χ2v) is 5.39. The van der Waals surface area contributed by atoms with Crippen LogP contribution in [0.5, 0.6) is 0 Å². The molecule has 0 bridgehead atoms. The molecule has 0 atom stereocenters. The number of benzene rings is 1. The number of esters is 1. The number of ether oxygens (including phenoxy) is 1. The smallest absolute Gasteiger partial charge is 0.316 e. The van der Waals surface area contributed by atoms with Crippen LogP contribution in [0.1, 0.15) is 25.0 Å². The number of hydrogen-bond donors (Lipinski definition) is 2. The van der Waals surface area contributed by atoms with Crippen LogP contribution >= 0.6 is 0 Å². The van der Waals surface area contributed by atoms with Gasteiger partial charge in [-0.1, -0.05) is 29.4 Å². The van der Waals surface area contributed by atoms with Gasteiger partial charge >= 0.3 is 5.97 Å². The van der Waals surface area contributed by atoms with E-state index >= 15 is 0 Å². The molecule has 1 saturated heterocycles. The highest BCUT2D eigenvalue weighted by atomic mass is 16.5. The van der Waals surface area contributed by atoms with Crippen molar-refractivity contribution in [3.63, 3.8) is 0 Å². The van der Waals surface area contributed by atoms with Gasteiger partial charge in [0.1, 0.15) is 5.76 Å². The molecule has 0 aromatic heterocycles.